The Balaban J connectivity index is 2.01. The SMILES string of the molecule is CCC1CCCN(C2(CN)CCSCC2)C1. The minimum absolute atomic E-state index is 0.360. The molecule has 2 rings (SSSR count). The first-order chi connectivity index (χ1) is 7.80. The Labute approximate surface area is 104 Å². The van der Waals surface area contributed by atoms with Gasteiger partial charge in [-0.25, -0.2) is 0 Å². The van der Waals surface area contributed by atoms with Crippen molar-refractivity contribution in [1.29, 1.82) is 0 Å². The second-order valence-electron chi connectivity index (χ2n) is 5.40. The molecule has 16 heavy (non-hydrogen) atoms. The van der Waals surface area contributed by atoms with Crippen LogP contribution < -0.4 is 5.73 Å². The monoisotopic (exact) mass is 242 g/mol. The van der Waals surface area contributed by atoms with Gasteiger partial charge in [0.25, 0.3) is 0 Å². The zero-order valence-electron chi connectivity index (χ0n) is 10.6. The number of hydrogen-bond donors (Lipinski definition) is 1. The Kier molecular flexibility index (Phi) is 4.57. The van der Waals surface area contributed by atoms with Crippen LogP contribution in [-0.4, -0.2) is 41.6 Å². The van der Waals surface area contributed by atoms with Gasteiger partial charge in [-0.3, -0.25) is 4.90 Å². The van der Waals surface area contributed by atoms with Crippen LogP contribution in [0.15, 0.2) is 0 Å². The molecular formula is C13H26N2S. The summed E-state index contributed by atoms with van der Waals surface area (Å²) < 4.78 is 0. The molecule has 0 bridgehead atoms. The highest BCUT2D eigenvalue weighted by molar-refractivity contribution is 7.99. The van der Waals surface area contributed by atoms with Crippen LogP contribution in [-0.2, 0) is 0 Å². The molecule has 2 N–H and O–H groups in total. The third-order valence-electron chi connectivity index (χ3n) is 4.57. The summed E-state index contributed by atoms with van der Waals surface area (Å²) in [6.45, 7) is 5.79. The van der Waals surface area contributed by atoms with E-state index in [9.17, 15) is 0 Å². The van der Waals surface area contributed by atoms with Crippen LogP contribution in [0.1, 0.15) is 39.0 Å². The largest absolute Gasteiger partial charge is 0.329 e. The van der Waals surface area contributed by atoms with E-state index in [0.717, 1.165) is 12.5 Å². The lowest BCUT2D eigenvalue weighted by molar-refractivity contribution is 0.0398. The summed E-state index contributed by atoms with van der Waals surface area (Å²) in [6.07, 6.45) is 6.77. The molecule has 2 fully saturated rings. The smallest absolute Gasteiger partial charge is 0.0347 e. The maximum absolute atomic E-state index is 6.11. The first-order valence-electron chi connectivity index (χ1n) is 6.83. The lowest BCUT2D eigenvalue weighted by atomic mass is 9.85. The van der Waals surface area contributed by atoms with Gasteiger partial charge < -0.3 is 5.73 Å². The second kappa shape index (κ2) is 5.74. The van der Waals surface area contributed by atoms with E-state index in [0.29, 0.717) is 5.54 Å². The number of piperidine rings is 1. The van der Waals surface area contributed by atoms with Gasteiger partial charge in [0.15, 0.2) is 0 Å². The number of nitrogens with two attached hydrogens (primary N) is 1. The van der Waals surface area contributed by atoms with Crippen LogP contribution in [0, 0.1) is 5.92 Å². The van der Waals surface area contributed by atoms with E-state index >= 15 is 0 Å². The fourth-order valence-electron chi connectivity index (χ4n) is 3.23. The quantitative estimate of drug-likeness (QED) is 0.823. The van der Waals surface area contributed by atoms with Crippen molar-refractivity contribution in [3.63, 3.8) is 0 Å². The predicted octanol–water partition coefficient (Wildman–Crippen LogP) is 2.33. The summed E-state index contributed by atoms with van der Waals surface area (Å²) >= 11 is 2.10. The van der Waals surface area contributed by atoms with Gasteiger partial charge in [-0.2, -0.15) is 11.8 Å². The molecule has 0 amide bonds. The summed E-state index contributed by atoms with van der Waals surface area (Å²) in [7, 11) is 0. The first-order valence-corrected chi connectivity index (χ1v) is 7.99. The molecule has 2 aliphatic rings. The van der Waals surface area contributed by atoms with Gasteiger partial charge in [-0.05, 0) is 49.7 Å². The van der Waals surface area contributed by atoms with Gasteiger partial charge in [0.1, 0.15) is 0 Å². The van der Waals surface area contributed by atoms with Crippen molar-refractivity contribution in [2.75, 3.05) is 31.1 Å². The highest BCUT2D eigenvalue weighted by atomic mass is 32.2. The normalized spacial score (nSPS) is 31.5. The number of thioether (sulfide) groups is 1. The first kappa shape index (κ1) is 12.7. The van der Waals surface area contributed by atoms with Crippen LogP contribution in [0.4, 0.5) is 0 Å². The van der Waals surface area contributed by atoms with E-state index in [1.54, 1.807) is 0 Å². The molecular weight excluding hydrogens is 216 g/mol. The number of nitrogens with zero attached hydrogens (tertiary/aromatic N) is 1. The summed E-state index contributed by atoms with van der Waals surface area (Å²) in [5.41, 5.74) is 6.47. The van der Waals surface area contributed by atoms with Crippen molar-refractivity contribution in [2.45, 2.75) is 44.6 Å². The Morgan fingerprint density at radius 2 is 2.12 bits per heavy atom. The molecule has 2 saturated heterocycles. The predicted molar refractivity (Wildman–Crippen MR) is 72.9 cm³/mol. The van der Waals surface area contributed by atoms with Crippen molar-refractivity contribution in [1.82, 2.24) is 4.90 Å². The minimum atomic E-state index is 0.360. The molecule has 0 radical (unpaired) electrons. The van der Waals surface area contributed by atoms with Gasteiger partial charge in [-0.15, -0.1) is 0 Å². The van der Waals surface area contributed by atoms with Gasteiger partial charge in [-0.1, -0.05) is 13.3 Å². The maximum atomic E-state index is 6.11. The molecule has 0 aromatic heterocycles. The average molecular weight is 242 g/mol. The lowest BCUT2D eigenvalue weighted by Gasteiger charge is -2.49. The van der Waals surface area contributed by atoms with Crippen molar-refractivity contribution < 1.29 is 0 Å². The average Bonchev–Trinajstić information content (AvgIpc) is 2.39. The molecule has 2 heterocycles. The molecule has 94 valence electrons. The molecule has 0 aromatic carbocycles. The molecule has 3 heteroatoms. The Bertz CT molecular complexity index is 214. The van der Waals surface area contributed by atoms with E-state index in [1.807, 2.05) is 0 Å². The molecule has 2 aliphatic heterocycles. The van der Waals surface area contributed by atoms with Gasteiger partial charge in [0.2, 0.25) is 0 Å². The third-order valence-corrected chi connectivity index (χ3v) is 5.56. The van der Waals surface area contributed by atoms with Crippen LogP contribution in [0.3, 0.4) is 0 Å². The number of hydrogen-bond acceptors (Lipinski definition) is 3. The summed E-state index contributed by atoms with van der Waals surface area (Å²) in [5.74, 6) is 3.54. The fourth-order valence-corrected chi connectivity index (χ4v) is 4.48. The van der Waals surface area contributed by atoms with E-state index < -0.39 is 0 Å². The molecule has 0 spiro atoms. The fraction of sp³-hybridized carbons (Fsp3) is 1.00. The molecule has 0 aromatic rings. The van der Waals surface area contributed by atoms with E-state index in [-0.39, 0.29) is 0 Å². The lowest BCUT2D eigenvalue weighted by Crippen LogP contribution is -2.58. The van der Waals surface area contributed by atoms with Crippen LogP contribution in [0.2, 0.25) is 0 Å². The topological polar surface area (TPSA) is 29.3 Å². The Morgan fingerprint density at radius 3 is 2.75 bits per heavy atom. The summed E-state index contributed by atoms with van der Waals surface area (Å²) in [4.78, 5) is 2.74. The second-order valence-corrected chi connectivity index (χ2v) is 6.63. The van der Waals surface area contributed by atoms with Gasteiger partial charge in [0.05, 0.1) is 0 Å². The van der Waals surface area contributed by atoms with Crippen molar-refractivity contribution >= 4 is 11.8 Å². The van der Waals surface area contributed by atoms with Crippen LogP contribution in [0.5, 0.6) is 0 Å². The molecule has 0 aliphatic carbocycles. The Hall–Kier alpha value is 0.270. The van der Waals surface area contributed by atoms with E-state index in [4.69, 9.17) is 5.73 Å². The minimum Gasteiger partial charge on any atom is -0.329 e. The zero-order valence-corrected chi connectivity index (χ0v) is 11.4. The summed E-state index contributed by atoms with van der Waals surface area (Å²) in [6, 6.07) is 0. The highest BCUT2D eigenvalue weighted by Gasteiger charge is 2.38. The van der Waals surface area contributed by atoms with E-state index in [1.165, 1.54) is 56.7 Å². The van der Waals surface area contributed by atoms with Gasteiger partial charge in [0, 0.05) is 18.6 Å². The standard InChI is InChI=1S/C13H26N2S/c1-2-12-4-3-7-15(10-12)13(11-14)5-8-16-9-6-13/h12H,2-11,14H2,1H3. The Morgan fingerprint density at radius 1 is 1.38 bits per heavy atom. The summed E-state index contributed by atoms with van der Waals surface area (Å²) in [5, 5.41) is 0. The zero-order chi connectivity index (χ0) is 11.4. The van der Waals surface area contributed by atoms with E-state index in [2.05, 4.69) is 23.6 Å². The van der Waals surface area contributed by atoms with Crippen molar-refractivity contribution in [3.05, 3.63) is 0 Å². The molecule has 0 saturated carbocycles. The molecule has 1 atom stereocenters. The number of rotatable bonds is 3. The van der Waals surface area contributed by atoms with Crippen LogP contribution in [0.25, 0.3) is 0 Å². The highest BCUT2D eigenvalue weighted by Crippen LogP contribution is 2.35. The third kappa shape index (κ3) is 2.57. The van der Waals surface area contributed by atoms with Crippen molar-refractivity contribution in [3.8, 4) is 0 Å². The van der Waals surface area contributed by atoms with Gasteiger partial charge >= 0.3 is 0 Å². The molecule has 2 nitrogen and oxygen atoms in total. The maximum Gasteiger partial charge on any atom is 0.0347 e. The number of likely N-dealkylation sites (tertiary alicyclic amines) is 1. The van der Waals surface area contributed by atoms with Crippen molar-refractivity contribution in [2.24, 2.45) is 11.7 Å². The van der Waals surface area contributed by atoms with Crippen LogP contribution >= 0.6 is 11.8 Å². The molecule has 1 unspecified atom stereocenters.